The molecule has 0 unspecified atom stereocenters. The maximum absolute atomic E-state index is 12.3. The minimum absolute atomic E-state index is 0.0493. The van der Waals surface area contributed by atoms with Gasteiger partial charge in [0.1, 0.15) is 4.21 Å². The SMILES string of the molecule is O=C(Cc1ccc(NS(=O)(=O)c2cccs2)cc1)NCc1ccc(Cn2ccccc2=O)cc1. The van der Waals surface area contributed by atoms with Gasteiger partial charge in [-0.05, 0) is 46.3 Å². The van der Waals surface area contributed by atoms with Crippen LogP contribution in [0.1, 0.15) is 16.7 Å². The minimum Gasteiger partial charge on any atom is -0.352 e. The average molecular weight is 494 g/mol. The summed E-state index contributed by atoms with van der Waals surface area (Å²) in [6, 6.07) is 22.8. The van der Waals surface area contributed by atoms with Crippen LogP contribution < -0.4 is 15.6 Å². The van der Waals surface area contributed by atoms with Gasteiger partial charge >= 0.3 is 0 Å². The quantitative estimate of drug-likeness (QED) is 0.372. The summed E-state index contributed by atoms with van der Waals surface area (Å²) < 4.78 is 29.0. The second kappa shape index (κ2) is 10.5. The van der Waals surface area contributed by atoms with Gasteiger partial charge in [0.15, 0.2) is 0 Å². The van der Waals surface area contributed by atoms with Crippen molar-refractivity contribution in [3.8, 4) is 0 Å². The van der Waals surface area contributed by atoms with Crippen LogP contribution in [0.3, 0.4) is 0 Å². The van der Waals surface area contributed by atoms with Crippen molar-refractivity contribution >= 4 is 33.0 Å². The molecule has 9 heteroatoms. The van der Waals surface area contributed by atoms with Gasteiger partial charge in [-0.2, -0.15) is 0 Å². The van der Waals surface area contributed by atoms with Gasteiger partial charge in [-0.25, -0.2) is 8.42 Å². The molecule has 0 saturated heterocycles. The number of sulfonamides is 1. The number of benzene rings is 2. The number of nitrogens with one attached hydrogen (secondary N) is 2. The first-order chi connectivity index (χ1) is 16.4. The highest BCUT2D eigenvalue weighted by Crippen LogP contribution is 2.20. The maximum atomic E-state index is 12.3. The molecule has 34 heavy (non-hydrogen) atoms. The Bertz CT molecular complexity index is 1410. The van der Waals surface area contributed by atoms with Gasteiger partial charge in [-0.3, -0.25) is 14.3 Å². The Morgan fingerprint density at radius 1 is 0.853 bits per heavy atom. The van der Waals surface area contributed by atoms with Crippen LogP contribution in [-0.2, 0) is 34.3 Å². The van der Waals surface area contributed by atoms with Crippen molar-refractivity contribution in [2.45, 2.75) is 23.7 Å². The first kappa shape index (κ1) is 23.5. The van der Waals surface area contributed by atoms with Gasteiger partial charge in [0.2, 0.25) is 5.91 Å². The highest BCUT2D eigenvalue weighted by Gasteiger charge is 2.15. The third-order valence-corrected chi connectivity index (χ3v) is 7.87. The van der Waals surface area contributed by atoms with E-state index in [4.69, 9.17) is 0 Å². The number of nitrogens with zero attached hydrogens (tertiary/aromatic N) is 1. The Morgan fingerprint density at radius 2 is 1.56 bits per heavy atom. The van der Waals surface area contributed by atoms with Crippen LogP contribution in [-0.4, -0.2) is 18.9 Å². The highest BCUT2D eigenvalue weighted by molar-refractivity contribution is 7.94. The number of aromatic nitrogens is 1. The van der Waals surface area contributed by atoms with Crippen molar-refractivity contribution in [3.05, 3.63) is 117 Å². The molecular formula is C25H23N3O4S2. The molecule has 0 bridgehead atoms. The van der Waals surface area contributed by atoms with Crippen molar-refractivity contribution < 1.29 is 13.2 Å². The second-order valence-electron chi connectivity index (χ2n) is 7.67. The molecule has 0 aliphatic rings. The summed E-state index contributed by atoms with van der Waals surface area (Å²) in [6.07, 6.45) is 1.94. The fraction of sp³-hybridized carbons (Fsp3) is 0.120. The number of carbonyl (C=O) groups is 1. The van der Waals surface area contributed by atoms with E-state index in [1.54, 1.807) is 58.6 Å². The molecule has 0 fully saturated rings. The van der Waals surface area contributed by atoms with E-state index in [0.29, 0.717) is 18.8 Å². The van der Waals surface area contributed by atoms with Crippen molar-refractivity contribution in [3.63, 3.8) is 0 Å². The van der Waals surface area contributed by atoms with E-state index in [1.807, 2.05) is 30.3 Å². The summed E-state index contributed by atoms with van der Waals surface area (Å²) in [4.78, 5) is 24.2. The number of anilines is 1. The van der Waals surface area contributed by atoms with Crippen LogP contribution in [0.4, 0.5) is 5.69 Å². The van der Waals surface area contributed by atoms with Crippen LogP contribution in [0.2, 0.25) is 0 Å². The molecule has 0 spiro atoms. The van der Waals surface area contributed by atoms with E-state index in [0.717, 1.165) is 28.0 Å². The zero-order valence-corrected chi connectivity index (χ0v) is 19.8. The lowest BCUT2D eigenvalue weighted by Crippen LogP contribution is -2.24. The lowest BCUT2D eigenvalue weighted by Gasteiger charge is -2.09. The molecule has 0 atom stereocenters. The summed E-state index contributed by atoms with van der Waals surface area (Å²) in [6.45, 7) is 0.884. The standard InChI is InChI=1S/C25H23N3O4S2/c29-23(16-19-10-12-22(13-11-19)27-34(31,32)25-5-3-15-33-25)26-17-20-6-8-21(9-7-20)18-28-14-2-1-4-24(28)30/h1-15,27H,16-18H2,(H,26,29). The number of hydrogen-bond donors (Lipinski definition) is 2. The van der Waals surface area contributed by atoms with E-state index in [-0.39, 0.29) is 22.1 Å². The van der Waals surface area contributed by atoms with E-state index in [9.17, 15) is 18.0 Å². The van der Waals surface area contributed by atoms with Gasteiger partial charge in [0, 0.05) is 24.5 Å². The largest absolute Gasteiger partial charge is 0.352 e. The smallest absolute Gasteiger partial charge is 0.271 e. The fourth-order valence-corrected chi connectivity index (χ4v) is 5.36. The molecular weight excluding hydrogens is 470 g/mol. The molecule has 0 radical (unpaired) electrons. The summed E-state index contributed by atoms with van der Waals surface area (Å²) >= 11 is 1.15. The molecule has 0 aliphatic heterocycles. The molecule has 2 heterocycles. The molecule has 174 valence electrons. The van der Waals surface area contributed by atoms with Crippen molar-refractivity contribution in [1.82, 2.24) is 9.88 Å². The Labute approximate surface area is 201 Å². The third kappa shape index (κ3) is 6.21. The normalized spacial score (nSPS) is 11.2. The molecule has 4 aromatic rings. The zero-order chi connectivity index (χ0) is 24.0. The fourth-order valence-electron chi connectivity index (χ4n) is 3.31. The number of carbonyl (C=O) groups excluding carboxylic acids is 1. The van der Waals surface area contributed by atoms with Crippen LogP contribution >= 0.6 is 11.3 Å². The Morgan fingerprint density at radius 3 is 2.24 bits per heavy atom. The molecule has 2 aromatic heterocycles. The molecule has 0 aliphatic carbocycles. The Balaban J connectivity index is 1.27. The van der Waals surface area contributed by atoms with E-state index >= 15 is 0 Å². The van der Waals surface area contributed by atoms with Crippen molar-refractivity contribution in [1.29, 1.82) is 0 Å². The van der Waals surface area contributed by atoms with Gasteiger partial charge in [-0.1, -0.05) is 48.5 Å². The van der Waals surface area contributed by atoms with Gasteiger partial charge in [0.05, 0.1) is 13.0 Å². The predicted molar refractivity (Wildman–Crippen MR) is 133 cm³/mol. The van der Waals surface area contributed by atoms with Gasteiger partial charge in [0.25, 0.3) is 15.6 Å². The van der Waals surface area contributed by atoms with Gasteiger partial charge in [-0.15, -0.1) is 11.3 Å². The number of pyridine rings is 1. The van der Waals surface area contributed by atoms with Crippen LogP contribution in [0.15, 0.2) is 99.4 Å². The molecule has 2 aromatic carbocycles. The number of thiophene rings is 1. The lowest BCUT2D eigenvalue weighted by molar-refractivity contribution is -0.120. The highest BCUT2D eigenvalue weighted by atomic mass is 32.2. The first-order valence-corrected chi connectivity index (χ1v) is 12.9. The number of amides is 1. The molecule has 1 amide bonds. The Hall–Kier alpha value is -3.69. The van der Waals surface area contributed by atoms with Gasteiger partial charge < -0.3 is 9.88 Å². The zero-order valence-electron chi connectivity index (χ0n) is 18.2. The molecule has 2 N–H and O–H groups in total. The predicted octanol–water partition coefficient (Wildman–Crippen LogP) is 3.62. The summed E-state index contributed by atoms with van der Waals surface area (Å²) in [5.41, 5.74) is 3.12. The lowest BCUT2D eigenvalue weighted by atomic mass is 10.1. The first-order valence-electron chi connectivity index (χ1n) is 10.5. The van der Waals surface area contributed by atoms with Crippen molar-refractivity contribution in [2.24, 2.45) is 0 Å². The van der Waals surface area contributed by atoms with Crippen LogP contribution in [0, 0.1) is 0 Å². The Kier molecular flexibility index (Phi) is 7.24. The van der Waals surface area contributed by atoms with Crippen LogP contribution in [0.25, 0.3) is 0 Å². The topological polar surface area (TPSA) is 97.3 Å². The summed E-state index contributed by atoms with van der Waals surface area (Å²) in [5.74, 6) is -0.133. The van der Waals surface area contributed by atoms with E-state index in [2.05, 4.69) is 10.0 Å². The minimum atomic E-state index is -3.60. The van der Waals surface area contributed by atoms with E-state index in [1.165, 1.54) is 6.07 Å². The second-order valence-corrected chi connectivity index (χ2v) is 10.5. The molecule has 4 rings (SSSR count). The monoisotopic (exact) mass is 493 g/mol. The summed E-state index contributed by atoms with van der Waals surface area (Å²) in [5, 5.41) is 4.60. The molecule has 7 nitrogen and oxygen atoms in total. The van der Waals surface area contributed by atoms with E-state index < -0.39 is 10.0 Å². The third-order valence-electron chi connectivity index (χ3n) is 5.10. The number of rotatable bonds is 9. The van der Waals surface area contributed by atoms with Crippen LogP contribution in [0.5, 0.6) is 0 Å². The average Bonchev–Trinajstić information content (AvgIpc) is 3.38. The summed E-state index contributed by atoms with van der Waals surface area (Å²) in [7, 11) is -3.60. The molecule has 0 saturated carbocycles. The number of hydrogen-bond acceptors (Lipinski definition) is 5. The van der Waals surface area contributed by atoms with Crippen molar-refractivity contribution in [2.75, 3.05) is 4.72 Å². The maximum Gasteiger partial charge on any atom is 0.271 e.